The highest BCUT2D eigenvalue weighted by molar-refractivity contribution is 5.85. The zero-order chi connectivity index (χ0) is 16.9. The van der Waals surface area contributed by atoms with Gasteiger partial charge in [-0.1, -0.05) is 18.2 Å². The second-order valence-electron chi connectivity index (χ2n) is 6.03. The molecule has 0 aliphatic carbocycles. The first-order chi connectivity index (χ1) is 10.7. The van der Waals surface area contributed by atoms with Crippen LogP contribution in [0.3, 0.4) is 0 Å². The first-order valence-corrected chi connectivity index (χ1v) is 7.45. The maximum Gasteiger partial charge on any atom is 0.455 e. The number of piperidine rings is 1. The highest BCUT2D eigenvalue weighted by Crippen LogP contribution is 2.53. The smallest absolute Gasteiger partial charge is 0.350 e. The van der Waals surface area contributed by atoms with E-state index >= 15 is 0 Å². The van der Waals surface area contributed by atoms with E-state index in [9.17, 15) is 22.0 Å². The van der Waals surface area contributed by atoms with Crippen molar-refractivity contribution in [3.8, 4) is 0 Å². The van der Waals surface area contributed by atoms with E-state index in [4.69, 9.17) is 0 Å². The van der Waals surface area contributed by atoms with Gasteiger partial charge in [0, 0.05) is 29.7 Å². The Hall–Kier alpha value is -1.63. The zero-order valence-corrected chi connectivity index (χ0v) is 12.6. The van der Waals surface area contributed by atoms with Gasteiger partial charge in [-0.2, -0.15) is 22.0 Å². The first kappa shape index (κ1) is 16.2. The van der Waals surface area contributed by atoms with Crippen molar-refractivity contribution in [2.45, 2.75) is 36.9 Å². The van der Waals surface area contributed by atoms with Gasteiger partial charge < -0.3 is 9.88 Å². The predicted molar refractivity (Wildman–Crippen MR) is 77.5 cm³/mol. The van der Waals surface area contributed by atoms with Crippen molar-refractivity contribution in [2.24, 2.45) is 7.05 Å². The summed E-state index contributed by atoms with van der Waals surface area (Å²) in [6.45, 7) is 0.134. The average Bonchev–Trinajstić information content (AvgIpc) is 2.85. The molecule has 2 heterocycles. The lowest BCUT2D eigenvalue weighted by atomic mass is 9.76. The van der Waals surface area contributed by atoms with Gasteiger partial charge in [-0.25, -0.2) is 0 Å². The molecule has 0 amide bonds. The molecule has 126 valence electrons. The Morgan fingerprint density at radius 3 is 2.39 bits per heavy atom. The Morgan fingerprint density at radius 1 is 1.09 bits per heavy atom. The lowest BCUT2D eigenvalue weighted by Crippen LogP contribution is -2.63. The van der Waals surface area contributed by atoms with Crippen LogP contribution in [0.5, 0.6) is 0 Å². The normalized spacial score (nSPS) is 23.4. The molecule has 3 rings (SSSR count). The average molecular weight is 332 g/mol. The maximum atomic E-state index is 14.5. The van der Waals surface area contributed by atoms with Crippen molar-refractivity contribution in [3.05, 3.63) is 36.0 Å². The molecule has 1 unspecified atom stereocenters. The molecule has 0 saturated carbocycles. The molecule has 0 bridgehead atoms. The Morgan fingerprint density at radius 2 is 1.78 bits per heavy atom. The summed E-state index contributed by atoms with van der Waals surface area (Å²) in [6.07, 6.45) is -3.58. The Labute approximate surface area is 130 Å². The number of hydrogen-bond acceptors (Lipinski definition) is 1. The van der Waals surface area contributed by atoms with E-state index < -0.39 is 17.6 Å². The van der Waals surface area contributed by atoms with E-state index in [0.29, 0.717) is 23.7 Å². The summed E-state index contributed by atoms with van der Waals surface area (Å²) < 4.78 is 70.1. The van der Waals surface area contributed by atoms with Crippen LogP contribution in [0.25, 0.3) is 10.9 Å². The third-order valence-corrected chi connectivity index (χ3v) is 4.65. The summed E-state index contributed by atoms with van der Waals surface area (Å²) in [6, 6.07) is 6.68. The van der Waals surface area contributed by atoms with E-state index in [1.165, 1.54) is 6.20 Å². The largest absolute Gasteiger partial charge is 0.455 e. The van der Waals surface area contributed by atoms with E-state index in [0.717, 1.165) is 0 Å². The van der Waals surface area contributed by atoms with Crippen molar-refractivity contribution < 1.29 is 22.0 Å². The van der Waals surface area contributed by atoms with Crippen LogP contribution >= 0.6 is 0 Å². The number of nitrogens with zero attached hydrogens (tertiary/aromatic N) is 1. The predicted octanol–water partition coefficient (Wildman–Crippen LogP) is 4.34. The molecule has 1 aromatic heterocycles. The minimum atomic E-state index is -5.62. The van der Waals surface area contributed by atoms with E-state index in [1.54, 1.807) is 35.9 Å². The number of alkyl halides is 5. The molecule has 1 aliphatic heterocycles. The fourth-order valence-electron chi connectivity index (χ4n) is 3.50. The Bertz CT molecular complexity index is 711. The third kappa shape index (κ3) is 2.24. The highest BCUT2D eigenvalue weighted by atomic mass is 19.4. The minimum Gasteiger partial charge on any atom is -0.350 e. The van der Waals surface area contributed by atoms with Gasteiger partial charge in [-0.3, -0.25) is 0 Å². The topological polar surface area (TPSA) is 17.0 Å². The lowest BCUT2D eigenvalue weighted by molar-refractivity contribution is -0.317. The number of benzene rings is 1. The fraction of sp³-hybridized carbons (Fsp3) is 0.500. The maximum absolute atomic E-state index is 14.5. The Kier molecular flexibility index (Phi) is 3.66. The standard InChI is InChI=1S/C16H17F5N2/c1-23-10-12(11-6-2-3-7-13(11)23)14(8-4-5-9-22-14)15(17,18)16(19,20)21/h2-3,6-7,10,22H,4-5,8-9H2,1H3. The molecule has 0 spiro atoms. The summed E-state index contributed by atoms with van der Waals surface area (Å²) in [5, 5.41) is 2.94. The van der Waals surface area contributed by atoms with Gasteiger partial charge in [-0.15, -0.1) is 0 Å². The summed E-state index contributed by atoms with van der Waals surface area (Å²) in [4.78, 5) is 0. The fourth-order valence-corrected chi connectivity index (χ4v) is 3.50. The van der Waals surface area contributed by atoms with Crippen LogP contribution in [-0.2, 0) is 12.6 Å². The molecule has 0 radical (unpaired) electrons. The molecular formula is C16H17F5N2. The van der Waals surface area contributed by atoms with Crippen LogP contribution < -0.4 is 5.32 Å². The zero-order valence-electron chi connectivity index (χ0n) is 12.6. The molecule has 1 atom stereocenters. The summed E-state index contributed by atoms with van der Waals surface area (Å²) in [5.41, 5.74) is -1.78. The van der Waals surface area contributed by atoms with E-state index in [2.05, 4.69) is 5.32 Å². The van der Waals surface area contributed by atoms with Crippen molar-refractivity contribution in [1.29, 1.82) is 0 Å². The number of aryl methyl sites for hydroxylation is 1. The number of rotatable bonds is 2. The molecule has 1 saturated heterocycles. The van der Waals surface area contributed by atoms with Gasteiger partial charge in [-0.05, 0) is 31.9 Å². The van der Waals surface area contributed by atoms with Crippen molar-refractivity contribution >= 4 is 10.9 Å². The molecule has 1 aromatic carbocycles. The van der Waals surface area contributed by atoms with Crippen LogP contribution in [0.1, 0.15) is 24.8 Å². The van der Waals surface area contributed by atoms with Gasteiger partial charge in [0.15, 0.2) is 0 Å². The minimum absolute atomic E-state index is 0.0117. The molecule has 1 N–H and O–H groups in total. The second-order valence-corrected chi connectivity index (χ2v) is 6.03. The summed E-state index contributed by atoms with van der Waals surface area (Å²) >= 11 is 0. The van der Waals surface area contributed by atoms with E-state index in [1.807, 2.05) is 0 Å². The lowest BCUT2D eigenvalue weighted by Gasteiger charge is -2.44. The molecule has 1 fully saturated rings. The SMILES string of the molecule is Cn1cc(C2(C(F)(F)C(F)(F)F)CCCCN2)c2ccccc21. The second kappa shape index (κ2) is 5.19. The molecule has 1 aliphatic rings. The van der Waals surface area contributed by atoms with Gasteiger partial charge >= 0.3 is 12.1 Å². The summed E-state index contributed by atoms with van der Waals surface area (Å²) in [5.74, 6) is -4.86. The number of nitrogens with one attached hydrogen (secondary N) is 1. The number of hydrogen-bond donors (Lipinski definition) is 1. The van der Waals surface area contributed by atoms with Crippen molar-refractivity contribution in [2.75, 3.05) is 6.54 Å². The molecule has 2 nitrogen and oxygen atoms in total. The third-order valence-electron chi connectivity index (χ3n) is 4.65. The van der Waals surface area contributed by atoms with Gasteiger partial charge in [0.2, 0.25) is 0 Å². The number of halogens is 5. The number of fused-ring (bicyclic) bond motifs is 1. The van der Waals surface area contributed by atoms with Crippen LogP contribution in [0, 0.1) is 0 Å². The summed E-state index contributed by atoms with van der Waals surface area (Å²) in [7, 11) is 1.65. The number of para-hydroxylation sites is 1. The van der Waals surface area contributed by atoms with Crippen LogP contribution in [-0.4, -0.2) is 23.2 Å². The van der Waals surface area contributed by atoms with Crippen molar-refractivity contribution in [3.63, 3.8) is 0 Å². The molecule has 2 aromatic rings. The van der Waals surface area contributed by atoms with Crippen LogP contribution in [0.15, 0.2) is 30.5 Å². The van der Waals surface area contributed by atoms with Gasteiger partial charge in [0.1, 0.15) is 5.54 Å². The van der Waals surface area contributed by atoms with Gasteiger partial charge in [0.25, 0.3) is 0 Å². The Balaban J connectivity index is 2.28. The first-order valence-electron chi connectivity index (χ1n) is 7.45. The quantitative estimate of drug-likeness (QED) is 0.809. The van der Waals surface area contributed by atoms with Crippen molar-refractivity contribution in [1.82, 2.24) is 9.88 Å². The molecular weight excluding hydrogens is 315 g/mol. The van der Waals surface area contributed by atoms with Crippen LogP contribution in [0.4, 0.5) is 22.0 Å². The van der Waals surface area contributed by atoms with Gasteiger partial charge in [0.05, 0.1) is 0 Å². The van der Waals surface area contributed by atoms with E-state index in [-0.39, 0.29) is 18.5 Å². The van der Waals surface area contributed by atoms with Crippen LogP contribution in [0.2, 0.25) is 0 Å². The number of aromatic nitrogens is 1. The monoisotopic (exact) mass is 332 g/mol. The molecule has 23 heavy (non-hydrogen) atoms. The highest BCUT2D eigenvalue weighted by Gasteiger charge is 2.71. The molecule has 7 heteroatoms.